The summed E-state index contributed by atoms with van der Waals surface area (Å²) in [6.45, 7) is 6.35. The first-order valence-corrected chi connectivity index (χ1v) is 11.0. The number of hydrogen-bond acceptors (Lipinski definition) is 8. The average Bonchev–Trinajstić information content (AvgIpc) is 2.97. The molecule has 2 aliphatic rings. The van der Waals surface area contributed by atoms with Crippen LogP contribution in [0.4, 0.5) is 5.95 Å². The summed E-state index contributed by atoms with van der Waals surface area (Å²) in [5, 5.41) is 3.08. The van der Waals surface area contributed by atoms with Crippen molar-refractivity contribution in [2.45, 2.75) is 32.9 Å². The molecule has 0 bridgehead atoms. The summed E-state index contributed by atoms with van der Waals surface area (Å²) in [5.41, 5.74) is 8.63. The standard InChI is InChI=1S/C23H27N5O4/c1-3-9-32-20-14(7-5-8-17(20)29-4-2)21-26-22(24)27-23-25-15-12-18-19(13-16(15)28(21)23)31-11-6-10-30-18/h5,7-8,12-13,21H,3-4,6,9-11H2,1-2H3,(H3,24,25,26,27)/t21-/m0/s1. The number of anilines is 1. The van der Waals surface area contributed by atoms with Crippen LogP contribution < -0.4 is 30.0 Å². The zero-order valence-corrected chi connectivity index (χ0v) is 18.3. The number of fused-ring (bicyclic) bond motifs is 4. The Hall–Kier alpha value is -3.62. The summed E-state index contributed by atoms with van der Waals surface area (Å²) in [4.78, 5) is 9.47. The Balaban J connectivity index is 1.68. The third-order valence-electron chi connectivity index (χ3n) is 5.34. The number of aromatic nitrogens is 2. The molecule has 0 radical (unpaired) electrons. The molecule has 1 atom stereocenters. The molecule has 168 valence electrons. The highest BCUT2D eigenvalue weighted by Crippen LogP contribution is 2.43. The molecule has 0 amide bonds. The molecule has 2 aromatic carbocycles. The molecule has 3 N–H and O–H groups in total. The number of para-hydroxylation sites is 1. The highest BCUT2D eigenvalue weighted by Gasteiger charge is 2.30. The van der Waals surface area contributed by atoms with E-state index in [1.54, 1.807) is 0 Å². The minimum absolute atomic E-state index is 0.287. The van der Waals surface area contributed by atoms with Gasteiger partial charge in [0.2, 0.25) is 5.95 Å². The zero-order valence-electron chi connectivity index (χ0n) is 18.3. The number of guanidine groups is 1. The van der Waals surface area contributed by atoms with Gasteiger partial charge in [0.15, 0.2) is 35.1 Å². The fourth-order valence-corrected chi connectivity index (χ4v) is 4.00. The van der Waals surface area contributed by atoms with Gasteiger partial charge >= 0.3 is 0 Å². The van der Waals surface area contributed by atoms with E-state index in [9.17, 15) is 0 Å². The van der Waals surface area contributed by atoms with Crippen molar-refractivity contribution in [3.8, 4) is 23.0 Å². The van der Waals surface area contributed by atoms with E-state index in [0.29, 0.717) is 55.4 Å². The number of nitrogens with one attached hydrogen (secondary N) is 1. The van der Waals surface area contributed by atoms with Crippen molar-refractivity contribution in [1.29, 1.82) is 0 Å². The van der Waals surface area contributed by atoms with Gasteiger partial charge in [0, 0.05) is 24.1 Å². The minimum Gasteiger partial charge on any atom is -0.490 e. The van der Waals surface area contributed by atoms with Crippen molar-refractivity contribution in [3.05, 3.63) is 35.9 Å². The number of rotatable bonds is 6. The second-order valence-corrected chi connectivity index (χ2v) is 7.61. The van der Waals surface area contributed by atoms with Crippen molar-refractivity contribution in [2.75, 3.05) is 31.7 Å². The largest absolute Gasteiger partial charge is 0.490 e. The summed E-state index contributed by atoms with van der Waals surface area (Å²) >= 11 is 0. The average molecular weight is 438 g/mol. The molecule has 1 aromatic heterocycles. The number of benzene rings is 2. The van der Waals surface area contributed by atoms with Gasteiger partial charge in [0.25, 0.3) is 0 Å². The van der Waals surface area contributed by atoms with E-state index >= 15 is 0 Å². The maximum absolute atomic E-state index is 6.15. The van der Waals surface area contributed by atoms with Crippen LogP contribution in [-0.2, 0) is 0 Å². The summed E-state index contributed by atoms with van der Waals surface area (Å²) in [5.74, 6) is 3.63. The Morgan fingerprint density at radius 1 is 1.16 bits per heavy atom. The van der Waals surface area contributed by atoms with Gasteiger partial charge in [-0.15, -0.1) is 0 Å². The van der Waals surface area contributed by atoms with Crippen LogP contribution in [-0.4, -0.2) is 41.9 Å². The van der Waals surface area contributed by atoms with Gasteiger partial charge in [0.05, 0.1) is 37.5 Å². The van der Waals surface area contributed by atoms with Gasteiger partial charge in [-0.05, 0) is 19.4 Å². The molecular formula is C23H27N5O4. The van der Waals surface area contributed by atoms with Crippen LogP contribution in [0.25, 0.3) is 11.0 Å². The number of nitrogens with two attached hydrogens (primary N) is 1. The fourth-order valence-electron chi connectivity index (χ4n) is 4.00. The number of aliphatic imine (C=N–C) groups is 1. The van der Waals surface area contributed by atoms with Gasteiger partial charge in [-0.3, -0.25) is 9.88 Å². The molecule has 0 unspecified atom stereocenters. The van der Waals surface area contributed by atoms with E-state index in [4.69, 9.17) is 34.7 Å². The first kappa shape index (κ1) is 20.3. The summed E-state index contributed by atoms with van der Waals surface area (Å²) in [6.07, 6.45) is 1.24. The quantitative estimate of drug-likeness (QED) is 0.606. The Morgan fingerprint density at radius 2 is 1.97 bits per heavy atom. The van der Waals surface area contributed by atoms with Crippen LogP contribution in [0.3, 0.4) is 0 Å². The summed E-state index contributed by atoms with van der Waals surface area (Å²) in [6, 6.07) is 9.69. The first-order chi connectivity index (χ1) is 15.7. The van der Waals surface area contributed by atoms with Crippen molar-refractivity contribution in [3.63, 3.8) is 0 Å². The molecule has 0 fully saturated rings. The number of ether oxygens (including phenoxy) is 4. The van der Waals surface area contributed by atoms with Crippen LogP contribution in [0.1, 0.15) is 38.4 Å². The van der Waals surface area contributed by atoms with Gasteiger partial charge in [0.1, 0.15) is 0 Å². The Kier molecular flexibility index (Phi) is 5.38. The van der Waals surface area contributed by atoms with E-state index < -0.39 is 6.17 Å². The van der Waals surface area contributed by atoms with Crippen molar-refractivity contribution < 1.29 is 18.9 Å². The number of imidazole rings is 1. The van der Waals surface area contributed by atoms with Crippen LogP contribution in [0.15, 0.2) is 35.3 Å². The third-order valence-corrected chi connectivity index (χ3v) is 5.34. The van der Waals surface area contributed by atoms with Crippen molar-refractivity contribution in [1.82, 2.24) is 9.55 Å². The van der Waals surface area contributed by atoms with E-state index in [2.05, 4.69) is 12.2 Å². The van der Waals surface area contributed by atoms with E-state index in [-0.39, 0.29) is 5.96 Å². The monoisotopic (exact) mass is 437 g/mol. The lowest BCUT2D eigenvalue weighted by Crippen LogP contribution is -2.31. The molecule has 0 saturated heterocycles. The third kappa shape index (κ3) is 3.53. The predicted octanol–water partition coefficient (Wildman–Crippen LogP) is 3.67. The van der Waals surface area contributed by atoms with E-state index in [1.807, 2.05) is 41.8 Å². The Bertz CT molecular complexity index is 1170. The normalized spacial score (nSPS) is 17.2. The number of nitrogens with zero attached hydrogens (tertiary/aromatic N) is 3. The maximum atomic E-state index is 6.15. The molecule has 3 aromatic rings. The minimum atomic E-state index is -0.478. The van der Waals surface area contributed by atoms with Crippen molar-refractivity contribution in [2.24, 2.45) is 10.7 Å². The molecule has 2 aliphatic heterocycles. The molecular weight excluding hydrogens is 410 g/mol. The van der Waals surface area contributed by atoms with E-state index in [0.717, 1.165) is 29.4 Å². The molecule has 9 nitrogen and oxygen atoms in total. The van der Waals surface area contributed by atoms with Crippen LogP contribution in [0.2, 0.25) is 0 Å². The summed E-state index contributed by atoms with van der Waals surface area (Å²) < 4.78 is 25.8. The lowest BCUT2D eigenvalue weighted by atomic mass is 10.1. The van der Waals surface area contributed by atoms with E-state index in [1.165, 1.54) is 0 Å². The number of hydrogen-bond donors (Lipinski definition) is 2. The Labute approximate surface area is 186 Å². The molecule has 0 aliphatic carbocycles. The maximum Gasteiger partial charge on any atom is 0.212 e. The second-order valence-electron chi connectivity index (χ2n) is 7.61. The van der Waals surface area contributed by atoms with Gasteiger partial charge < -0.3 is 24.7 Å². The smallest absolute Gasteiger partial charge is 0.212 e. The first-order valence-electron chi connectivity index (χ1n) is 11.0. The lowest BCUT2D eigenvalue weighted by Gasteiger charge is -2.26. The van der Waals surface area contributed by atoms with Gasteiger partial charge in [-0.2, -0.15) is 0 Å². The van der Waals surface area contributed by atoms with Crippen LogP contribution in [0.5, 0.6) is 23.0 Å². The van der Waals surface area contributed by atoms with Crippen LogP contribution >= 0.6 is 0 Å². The lowest BCUT2D eigenvalue weighted by molar-refractivity contribution is 0.272. The predicted molar refractivity (Wildman–Crippen MR) is 122 cm³/mol. The molecule has 0 saturated carbocycles. The van der Waals surface area contributed by atoms with Crippen LogP contribution in [0, 0.1) is 0 Å². The molecule has 3 heterocycles. The molecule has 5 rings (SSSR count). The zero-order chi connectivity index (χ0) is 22.1. The molecule has 32 heavy (non-hydrogen) atoms. The highest BCUT2D eigenvalue weighted by molar-refractivity contribution is 5.95. The van der Waals surface area contributed by atoms with Gasteiger partial charge in [-0.1, -0.05) is 19.1 Å². The highest BCUT2D eigenvalue weighted by atomic mass is 16.5. The topological polar surface area (TPSA) is 105 Å². The molecule has 0 spiro atoms. The fraction of sp³-hybridized carbons (Fsp3) is 0.391. The SMILES string of the molecule is CCCOc1c(OCC)cccc1[C@H]1N=C(N)Nc2nc3cc4c(cc3n21)OCCCO4. The van der Waals surface area contributed by atoms with Gasteiger partial charge in [-0.25, -0.2) is 9.98 Å². The second kappa shape index (κ2) is 8.49. The summed E-state index contributed by atoms with van der Waals surface area (Å²) in [7, 11) is 0. The van der Waals surface area contributed by atoms with Crippen molar-refractivity contribution >= 4 is 22.9 Å². The Morgan fingerprint density at radius 3 is 2.75 bits per heavy atom. The molecule has 9 heteroatoms.